The van der Waals surface area contributed by atoms with Crippen LogP contribution in [0.3, 0.4) is 0 Å². The Balaban J connectivity index is 2.32. The summed E-state index contributed by atoms with van der Waals surface area (Å²) in [6.07, 6.45) is 2.16. The maximum absolute atomic E-state index is 13.6. The minimum absolute atomic E-state index is 0.0536. The van der Waals surface area contributed by atoms with E-state index < -0.39 is 24.0 Å². The van der Waals surface area contributed by atoms with Gasteiger partial charge in [-0.05, 0) is 30.4 Å². The summed E-state index contributed by atoms with van der Waals surface area (Å²) in [5.74, 6) is -2.78. The highest BCUT2D eigenvalue weighted by Gasteiger charge is 2.15. The molecule has 0 fully saturated rings. The smallest absolute Gasteiger partial charge is 0.387 e. The number of carbonyl (C=O) groups is 1. The largest absolute Gasteiger partial charge is 0.493 e. The molecule has 0 bridgehead atoms. The molecule has 0 aliphatic carbocycles. The molecule has 0 aliphatic rings. The summed E-state index contributed by atoms with van der Waals surface area (Å²) in [4.78, 5) is 12.0. The number of hydrogen-bond acceptors (Lipinski definition) is 3. The molecule has 0 amide bonds. The van der Waals surface area contributed by atoms with Gasteiger partial charge in [0, 0.05) is 11.6 Å². The van der Waals surface area contributed by atoms with E-state index in [0.29, 0.717) is 6.07 Å². The Morgan fingerprint density at radius 2 is 1.92 bits per heavy atom. The number of hydrogen-bond donors (Lipinski definition) is 0. The lowest BCUT2D eigenvalue weighted by atomic mass is 10.1. The van der Waals surface area contributed by atoms with E-state index >= 15 is 0 Å². The van der Waals surface area contributed by atoms with Gasteiger partial charge in [0.2, 0.25) is 0 Å². The Morgan fingerprint density at radius 3 is 2.54 bits per heavy atom. The molecule has 0 aromatic heterocycles. The van der Waals surface area contributed by atoms with Crippen molar-refractivity contribution in [2.75, 3.05) is 7.11 Å². The summed E-state index contributed by atoms with van der Waals surface area (Å²) >= 11 is 0. The van der Waals surface area contributed by atoms with Gasteiger partial charge in [0.1, 0.15) is 11.6 Å². The van der Waals surface area contributed by atoms with Crippen LogP contribution in [0.2, 0.25) is 0 Å². The van der Waals surface area contributed by atoms with Gasteiger partial charge in [-0.1, -0.05) is 12.1 Å². The molecule has 126 valence electrons. The first-order chi connectivity index (χ1) is 11.4. The van der Waals surface area contributed by atoms with E-state index in [9.17, 15) is 22.4 Å². The van der Waals surface area contributed by atoms with E-state index in [-0.39, 0.29) is 22.6 Å². The Morgan fingerprint density at radius 1 is 1.17 bits per heavy atom. The zero-order valence-corrected chi connectivity index (χ0v) is 12.4. The second-order valence-electron chi connectivity index (χ2n) is 4.58. The number of ketones is 1. The van der Waals surface area contributed by atoms with Crippen LogP contribution in [-0.2, 0) is 0 Å². The average Bonchev–Trinajstić information content (AvgIpc) is 2.53. The van der Waals surface area contributed by atoms with Crippen molar-refractivity contribution in [2.24, 2.45) is 0 Å². The molecule has 0 N–H and O–H groups in total. The molecule has 0 saturated carbocycles. The zero-order chi connectivity index (χ0) is 17.7. The van der Waals surface area contributed by atoms with Crippen LogP contribution in [0, 0.1) is 11.6 Å². The zero-order valence-electron chi connectivity index (χ0n) is 12.4. The lowest BCUT2D eigenvalue weighted by Crippen LogP contribution is -2.05. The van der Waals surface area contributed by atoms with Crippen molar-refractivity contribution < 1.29 is 31.8 Å². The van der Waals surface area contributed by atoms with Crippen LogP contribution in [0.4, 0.5) is 17.6 Å². The number of carbonyl (C=O) groups excluding carboxylic acids is 1. The van der Waals surface area contributed by atoms with Gasteiger partial charge in [-0.15, -0.1) is 0 Å². The third kappa shape index (κ3) is 4.13. The Labute approximate surface area is 135 Å². The molecule has 0 atom stereocenters. The van der Waals surface area contributed by atoms with E-state index in [4.69, 9.17) is 4.74 Å². The fourth-order valence-corrected chi connectivity index (χ4v) is 1.98. The van der Waals surface area contributed by atoms with Crippen molar-refractivity contribution in [2.45, 2.75) is 6.61 Å². The fourth-order valence-electron chi connectivity index (χ4n) is 1.98. The first kappa shape index (κ1) is 17.5. The topological polar surface area (TPSA) is 35.5 Å². The van der Waals surface area contributed by atoms with Crippen LogP contribution < -0.4 is 9.47 Å². The van der Waals surface area contributed by atoms with E-state index in [1.807, 2.05) is 0 Å². The minimum Gasteiger partial charge on any atom is -0.493 e. The van der Waals surface area contributed by atoms with E-state index in [2.05, 4.69) is 4.74 Å². The summed E-state index contributed by atoms with van der Waals surface area (Å²) in [6, 6.07) is 6.87. The van der Waals surface area contributed by atoms with Gasteiger partial charge in [-0.2, -0.15) is 8.78 Å². The predicted octanol–water partition coefficient (Wildman–Crippen LogP) is 4.47. The highest BCUT2D eigenvalue weighted by atomic mass is 19.3. The van der Waals surface area contributed by atoms with Crippen molar-refractivity contribution in [3.63, 3.8) is 0 Å². The number of alkyl halides is 2. The summed E-state index contributed by atoms with van der Waals surface area (Å²) in [6.45, 7) is -3.08. The Hall–Kier alpha value is -2.83. The minimum atomic E-state index is -3.08. The molecular weight excluding hydrogens is 328 g/mol. The molecule has 24 heavy (non-hydrogen) atoms. The van der Waals surface area contributed by atoms with Crippen LogP contribution in [0.25, 0.3) is 6.08 Å². The first-order valence-electron chi connectivity index (χ1n) is 6.71. The van der Waals surface area contributed by atoms with Gasteiger partial charge in [-0.25, -0.2) is 8.78 Å². The van der Waals surface area contributed by atoms with Crippen LogP contribution in [0.5, 0.6) is 11.5 Å². The number of allylic oxidation sites excluding steroid dienone is 1. The number of rotatable bonds is 6. The maximum Gasteiger partial charge on any atom is 0.387 e. The van der Waals surface area contributed by atoms with E-state index in [0.717, 1.165) is 18.2 Å². The molecule has 2 rings (SSSR count). The molecule has 0 saturated heterocycles. The van der Waals surface area contributed by atoms with Crippen LogP contribution in [-0.4, -0.2) is 19.5 Å². The van der Waals surface area contributed by atoms with Crippen molar-refractivity contribution in [3.05, 3.63) is 65.2 Å². The number of para-hydroxylation sites is 1. The van der Waals surface area contributed by atoms with Crippen molar-refractivity contribution in [3.8, 4) is 11.5 Å². The molecule has 0 unspecified atom stereocenters. The van der Waals surface area contributed by atoms with Gasteiger partial charge < -0.3 is 9.47 Å². The molecule has 2 aromatic rings. The third-order valence-electron chi connectivity index (χ3n) is 3.05. The fraction of sp³-hybridized carbons (Fsp3) is 0.118. The number of benzene rings is 2. The van der Waals surface area contributed by atoms with Gasteiger partial charge in [0.15, 0.2) is 17.3 Å². The van der Waals surface area contributed by atoms with Crippen molar-refractivity contribution in [1.29, 1.82) is 0 Å². The molecule has 0 aliphatic heterocycles. The molecule has 3 nitrogen and oxygen atoms in total. The SMILES string of the molecule is COc1cccc(/C=C/C(=O)c2ccc(F)cc2F)c1OC(F)F. The second-order valence-corrected chi connectivity index (χ2v) is 4.58. The lowest BCUT2D eigenvalue weighted by Gasteiger charge is -2.12. The van der Waals surface area contributed by atoms with Crippen molar-refractivity contribution >= 4 is 11.9 Å². The normalized spacial score (nSPS) is 11.1. The van der Waals surface area contributed by atoms with Gasteiger partial charge in [0.05, 0.1) is 12.7 Å². The molecule has 0 radical (unpaired) electrons. The first-order valence-corrected chi connectivity index (χ1v) is 6.71. The van der Waals surface area contributed by atoms with Gasteiger partial charge >= 0.3 is 6.61 Å². The summed E-state index contributed by atoms with van der Waals surface area (Å²) in [7, 11) is 1.28. The highest BCUT2D eigenvalue weighted by molar-refractivity contribution is 6.07. The summed E-state index contributed by atoms with van der Waals surface area (Å²) < 4.78 is 60.8. The Bertz CT molecular complexity index is 772. The van der Waals surface area contributed by atoms with Crippen LogP contribution in [0.1, 0.15) is 15.9 Å². The molecular formula is C17H12F4O3. The summed E-state index contributed by atoms with van der Waals surface area (Å²) in [5.41, 5.74) is -0.197. The quantitative estimate of drug-likeness (QED) is 0.442. The standard InChI is InChI=1S/C17H12F4O3/c1-23-15-4-2-3-10(16(15)24-17(20)21)5-8-14(22)12-7-6-11(18)9-13(12)19/h2-9,17H,1H3/b8-5+. The second kappa shape index (κ2) is 7.63. The van der Waals surface area contributed by atoms with Gasteiger partial charge in [-0.3, -0.25) is 4.79 Å². The monoisotopic (exact) mass is 340 g/mol. The molecule has 0 heterocycles. The highest BCUT2D eigenvalue weighted by Crippen LogP contribution is 2.33. The van der Waals surface area contributed by atoms with Crippen molar-refractivity contribution in [1.82, 2.24) is 0 Å². The van der Waals surface area contributed by atoms with E-state index in [1.54, 1.807) is 0 Å². The maximum atomic E-state index is 13.6. The lowest BCUT2D eigenvalue weighted by molar-refractivity contribution is -0.0513. The summed E-state index contributed by atoms with van der Waals surface area (Å²) in [5, 5.41) is 0. The molecule has 7 heteroatoms. The average molecular weight is 340 g/mol. The number of halogens is 4. The Kier molecular flexibility index (Phi) is 5.57. The van der Waals surface area contributed by atoms with Crippen LogP contribution >= 0.6 is 0 Å². The van der Waals surface area contributed by atoms with Gasteiger partial charge in [0.25, 0.3) is 0 Å². The predicted molar refractivity (Wildman–Crippen MR) is 79.3 cm³/mol. The number of methoxy groups -OCH3 is 1. The van der Waals surface area contributed by atoms with E-state index in [1.165, 1.54) is 31.4 Å². The molecule has 2 aromatic carbocycles. The third-order valence-corrected chi connectivity index (χ3v) is 3.05. The number of ether oxygens (including phenoxy) is 2. The van der Waals surface area contributed by atoms with Crippen LogP contribution in [0.15, 0.2) is 42.5 Å². The molecule has 0 spiro atoms.